The van der Waals surface area contributed by atoms with Crippen LogP contribution in [-0.2, 0) is 6.42 Å². The second kappa shape index (κ2) is 9.14. The molecule has 0 aliphatic rings. The molecule has 2 aromatic carbocycles. The van der Waals surface area contributed by atoms with E-state index in [4.69, 9.17) is 4.98 Å². The van der Waals surface area contributed by atoms with Gasteiger partial charge in [0.25, 0.3) is 0 Å². The number of nitrogens with one attached hydrogen (secondary N) is 2. The molecule has 0 radical (unpaired) electrons. The average molecular weight is 464 g/mol. The zero-order valence-electron chi connectivity index (χ0n) is 20.0. The number of rotatable bonds is 6. The van der Waals surface area contributed by atoms with Crippen molar-refractivity contribution in [2.24, 2.45) is 0 Å². The number of fused-ring (bicyclic) bond motifs is 1. The number of allylic oxidation sites excluding steroid dienone is 2. The summed E-state index contributed by atoms with van der Waals surface area (Å²) in [5, 5.41) is 8.63. The first-order valence-electron chi connectivity index (χ1n) is 11.6. The highest BCUT2D eigenvalue weighted by Crippen LogP contribution is 2.32. The summed E-state index contributed by atoms with van der Waals surface area (Å²) in [6, 6.07) is 13.3. The molecule has 174 valence electrons. The molecule has 2 N–H and O–H groups in total. The van der Waals surface area contributed by atoms with Gasteiger partial charge >= 0.3 is 0 Å². The monoisotopic (exact) mass is 463 g/mol. The van der Waals surface area contributed by atoms with E-state index in [-0.39, 0.29) is 5.82 Å². The maximum absolute atomic E-state index is 14.2. The van der Waals surface area contributed by atoms with Crippen LogP contribution in [0.3, 0.4) is 0 Å². The highest BCUT2D eigenvalue weighted by atomic mass is 19.1. The van der Waals surface area contributed by atoms with Gasteiger partial charge in [0.15, 0.2) is 5.82 Å². The summed E-state index contributed by atoms with van der Waals surface area (Å²) in [5.41, 5.74) is 8.95. The van der Waals surface area contributed by atoms with E-state index in [1.807, 2.05) is 44.4 Å². The van der Waals surface area contributed by atoms with Gasteiger partial charge < -0.3 is 4.98 Å². The number of nitrogens with zero attached hydrogens (tertiary/aromatic N) is 3. The maximum Gasteiger partial charge on any atom is 0.159 e. The molecular weight excluding hydrogens is 437 g/mol. The fourth-order valence-electron chi connectivity index (χ4n) is 4.37. The van der Waals surface area contributed by atoms with E-state index in [1.54, 1.807) is 6.08 Å². The van der Waals surface area contributed by atoms with Crippen LogP contribution in [0.25, 0.3) is 39.1 Å². The fourth-order valence-corrected chi connectivity index (χ4v) is 4.37. The molecule has 0 aliphatic carbocycles. The van der Waals surface area contributed by atoms with Crippen molar-refractivity contribution in [3.05, 3.63) is 107 Å². The minimum absolute atomic E-state index is 0.282. The van der Waals surface area contributed by atoms with Gasteiger partial charge in [-0.15, -0.1) is 0 Å². The molecule has 0 aliphatic heterocycles. The molecule has 0 spiro atoms. The second-order valence-corrected chi connectivity index (χ2v) is 8.66. The minimum atomic E-state index is -0.282. The molecule has 6 heteroatoms. The highest BCUT2D eigenvalue weighted by molar-refractivity contribution is 5.95. The molecule has 35 heavy (non-hydrogen) atoms. The van der Waals surface area contributed by atoms with E-state index in [0.717, 1.165) is 62.2 Å². The summed E-state index contributed by atoms with van der Waals surface area (Å²) in [7, 11) is 0. The fraction of sp³-hybridized carbons (Fsp3) is 0.138. The molecule has 0 amide bonds. The minimum Gasteiger partial charge on any atom is -0.340 e. The Balaban J connectivity index is 1.61. The van der Waals surface area contributed by atoms with E-state index in [9.17, 15) is 4.39 Å². The summed E-state index contributed by atoms with van der Waals surface area (Å²) in [6.45, 7) is 9.79. The molecule has 3 heterocycles. The number of hydrogen-bond acceptors (Lipinski definition) is 3. The van der Waals surface area contributed by atoms with Crippen molar-refractivity contribution in [3.8, 4) is 22.6 Å². The predicted octanol–water partition coefficient (Wildman–Crippen LogP) is 6.95. The smallest absolute Gasteiger partial charge is 0.159 e. The molecule has 0 fully saturated rings. The van der Waals surface area contributed by atoms with Gasteiger partial charge in [0, 0.05) is 34.6 Å². The number of halogens is 1. The number of benzene rings is 2. The molecule has 5 nitrogen and oxygen atoms in total. The number of hydrogen-bond donors (Lipinski definition) is 2. The van der Waals surface area contributed by atoms with Crippen molar-refractivity contribution in [3.63, 3.8) is 0 Å². The molecule has 5 rings (SSSR count). The third kappa shape index (κ3) is 4.30. The van der Waals surface area contributed by atoms with Crippen LogP contribution in [-0.4, -0.2) is 25.1 Å². The highest BCUT2D eigenvalue weighted by Gasteiger charge is 2.18. The summed E-state index contributed by atoms with van der Waals surface area (Å²) < 4.78 is 14.2. The SMILES string of the molecule is C=C/C=C(/c1cc(C)cc(F)c1)c1nc(-c2n[nH]c3ccc(-c4cncc(CC)c4)cc23)[nH]c1C. The van der Waals surface area contributed by atoms with Crippen molar-refractivity contribution >= 4 is 16.5 Å². The quantitative estimate of drug-likeness (QED) is 0.268. The van der Waals surface area contributed by atoms with Gasteiger partial charge in [-0.05, 0) is 72.9 Å². The van der Waals surface area contributed by atoms with Crippen LogP contribution in [0.2, 0.25) is 0 Å². The Morgan fingerprint density at radius 1 is 1.06 bits per heavy atom. The van der Waals surface area contributed by atoms with Gasteiger partial charge in [-0.1, -0.05) is 37.8 Å². The third-order valence-corrected chi connectivity index (χ3v) is 6.10. The summed E-state index contributed by atoms with van der Waals surface area (Å²) >= 11 is 0. The standard InChI is InChI=1S/C29H26FN5/c1-5-7-24(21-10-17(3)11-23(30)13-21)27-18(4)32-29(33-27)28-25-14-20(8-9-26(25)34-35-28)22-12-19(6-2)15-31-16-22/h5,7-16H,1,6H2,2-4H3,(H,32,33)(H,34,35)/b24-7-. The Morgan fingerprint density at radius 3 is 2.69 bits per heavy atom. The van der Waals surface area contributed by atoms with Gasteiger partial charge in [0.1, 0.15) is 11.5 Å². The van der Waals surface area contributed by atoms with Gasteiger partial charge in [0.05, 0.1) is 11.2 Å². The molecule has 3 aromatic heterocycles. The Kier molecular flexibility index (Phi) is 5.87. The first-order chi connectivity index (χ1) is 17.0. The van der Waals surface area contributed by atoms with E-state index >= 15 is 0 Å². The number of imidazole rings is 1. The van der Waals surface area contributed by atoms with Crippen molar-refractivity contribution < 1.29 is 4.39 Å². The number of pyridine rings is 1. The van der Waals surface area contributed by atoms with Crippen molar-refractivity contribution in [1.82, 2.24) is 25.1 Å². The van der Waals surface area contributed by atoms with Gasteiger partial charge in [-0.2, -0.15) is 5.10 Å². The molecule has 0 saturated carbocycles. The zero-order chi connectivity index (χ0) is 24.5. The Labute approximate surface area is 203 Å². The van der Waals surface area contributed by atoms with Crippen LogP contribution in [0.15, 0.2) is 73.6 Å². The predicted molar refractivity (Wildman–Crippen MR) is 139 cm³/mol. The first-order valence-corrected chi connectivity index (χ1v) is 11.6. The average Bonchev–Trinajstić information content (AvgIpc) is 3.44. The van der Waals surface area contributed by atoms with Crippen LogP contribution in [0.1, 0.15) is 35.0 Å². The first kappa shape index (κ1) is 22.5. The van der Waals surface area contributed by atoms with Crippen LogP contribution >= 0.6 is 0 Å². The topological polar surface area (TPSA) is 70.2 Å². The van der Waals surface area contributed by atoms with Crippen molar-refractivity contribution in [2.75, 3.05) is 0 Å². The van der Waals surface area contributed by atoms with Crippen LogP contribution in [0, 0.1) is 19.7 Å². The lowest BCUT2D eigenvalue weighted by molar-refractivity contribution is 0.626. The number of aromatic amines is 2. The normalized spacial score (nSPS) is 11.8. The van der Waals surface area contributed by atoms with Crippen LogP contribution < -0.4 is 0 Å². The lowest BCUT2D eigenvalue weighted by Crippen LogP contribution is -1.93. The molecule has 0 atom stereocenters. The van der Waals surface area contributed by atoms with Crippen molar-refractivity contribution in [1.29, 1.82) is 0 Å². The van der Waals surface area contributed by atoms with Crippen molar-refractivity contribution in [2.45, 2.75) is 27.2 Å². The molecule has 0 unspecified atom stereocenters. The van der Waals surface area contributed by atoms with E-state index in [2.05, 4.69) is 51.9 Å². The van der Waals surface area contributed by atoms with E-state index in [0.29, 0.717) is 5.82 Å². The number of aryl methyl sites for hydroxylation is 3. The summed E-state index contributed by atoms with van der Waals surface area (Å²) in [6.07, 6.45) is 8.25. The third-order valence-electron chi connectivity index (χ3n) is 6.10. The van der Waals surface area contributed by atoms with Crippen LogP contribution in [0.4, 0.5) is 4.39 Å². The Bertz CT molecular complexity index is 1570. The maximum atomic E-state index is 14.2. The Hall–Kier alpha value is -4.32. The van der Waals surface area contributed by atoms with Gasteiger partial charge in [-0.3, -0.25) is 10.1 Å². The van der Waals surface area contributed by atoms with E-state index < -0.39 is 0 Å². The summed E-state index contributed by atoms with van der Waals surface area (Å²) in [5.74, 6) is 0.361. The molecule has 0 bridgehead atoms. The zero-order valence-corrected chi connectivity index (χ0v) is 20.0. The van der Waals surface area contributed by atoms with Gasteiger partial charge in [0.2, 0.25) is 0 Å². The molecule has 0 saturated heterocycles. The van der Waals surface area contributed by atoms with Gasteiger partial charge in [-0.25, -0.2) is 9.37 Å². The lowest BCUT2D eigenvalue weighted by atomic mass is 9.99. The molecule has 5 aromatic rings. The number of aromatic nitrogens is 5. The molecular formula is C29H26FN5. The largest absolute Gasteiger partial charge is 0.340 e. The summed E-state index contributed by atoms with van der Waals surface area (Å²) in [4.78, 5) is 12.7. The number of H-pyrrole nitrogens is 2. The van der Waals surface area contributed by atoms with E-state index in [1.165, 1.54) is 17.7 Å². The van der Waals surface area contributed by atoms with Crippen LogP contribution in [0.5, 0.6) is 0 Å². The lowest BCUT2D eigenvalue weighted by Gasteiger charge is -2.07. The second-order valence-electron chi connectivity index (χ2n) is 8.66. The Morgan fingerprint density at radius 2 is 1.91 bits per heavy atom.